The van der Waals surface area contributed by atoms with Crippen LogP contribution in [0.15, 0.2) is 67.0 Å². The molecule has 2 aromatic heterocycles. The van der Waals surface area contributed by atoms with Crippen LogP contribution in [-0.4, -0.2) is 14.4 Å². The van der Waals surface area contributed by atoms with Gasteiger partial charge in [0.15, 0.2) is 5.15 Å². The highest BCUT2D eigenvalue weighted by molar-refractivity contribution is 6.33. The van der Waals surface area contributed by atoms with Crippen molar-refractivity contribution < 1.29 is 0 Å². The third-order valence-electron chi connectivity index (χ3n) is 5.25. The number of hydrogen-bond donors (Lipinski definition) is 0. The van der Waals surface area contributed by atoms with E-state index in [0.29, 0.717) is 11.1 Å². The van der Waals surface area contributed by atoms with E-state index in [1.165, 1.54) is 30.4 Å². The summed E-state index contributed by atoms with van der Waals surface area (Å²) in [4.78, 5) is 9.31. The molecule has 1 saturated carbocycles. The summed E-state index contributed by atoms with van der Waals surface area (Å²) >= 11 is 6.48. The van der Waals surface area contributed by atoms with Crippen molar-refractivity contribution in [3.8, 4) is 22.4 Å². The first-order valence-corrected chi connectivity index (χ1v) is 9.37. The summed E-state index contributed by atoms with van der Waals surface area (Å²) in [7, 11) is 0. The summed E-state index contributed by atoms with van der Waals surface area (Å²) in [5.74, 6) is 1.63. The lowest BCUT2D eigenvalue weighted by Gasteiger charge is -2.23. The van der Waals surface area contributed by atoms with Gasteiger partial charge in [0, 0.05) is 23.9 Å². The van der Waals surface area contributed by atoms with Crippen molar-refractivity contribution in [1.82, 2.24) is 14.4 Å². The van der Waals surface area contributed by atoms with Gasteiger partial charge >= 0.3 is 0 Å². The van der Waals surface area contributed by atoms with Gasteiger partial charge in [0.1, 0.15) is 11.3 Å². The van der Waals surface area contributed by atoms with Gasteiger partial charge < -0.3 is 0 Å². The van der Waals surface area contributed by atoms with Crippen LogP contribution in [0, 0.1) is 0 Å². The number of rotatable bonds is 3. The minimum atomic E-state index is 0.505. The zero-order valence-electron chi connectivity index (χ0n) is 14.3. The first-order valence-electron chi connectivity index (χ1n) is 8.99. The number of halogens is 1. The van der Waals surface area contributed by atoms with Gasteiger partial charge in [0.2, 0.25) is 0 Å². The Balaban J connectivity index is 1.70. The normalized spacial score (nSPS) is 14.5. The Kier molecular flexibility index (Phi) is 3.75. The SMILES string of the molecule is Clc1nccn2c(C3CCC3)nc(-c3cccc(-c4ccccc4)c3)c12. The lowest BCUT2D eigenvalue weighted by Crippen LogP contribution is -2.12. The van der Waals surface area contributed by atoms with Crippen molar-refractivity contribution in [3.63, 3.8) is 0 Å². The highest BCUT2D eigenvalue weighted by Gasteiger charge is 2.26. The third-order valence-corrected chi connectivity index (χ3v) is 5.53. The minimum Gasteiger partial charge on any atom is -0.299 e. The van der Waals surface area contributed by atoms with Crippen LogP contribution in [0.2, 0.25) is 5.15 Å². The number of benzene rings is 2. The first kappa shape index (κ1) is 15.6. The molecule has 0 spiro atoms. The molecule has 2 aromatic carbocycles. The van der Waals surface area contributed by atoms with Gasteiger partial charge in [-0.05, 0) is 30.0 Å². The lowest BCUT2D eigenvalue weighted by molar-refractivity contribution is 0.400. The van der Waals surface area contributed by atoms with Crippen molar-refractivity contribution in [1.29, 1.82) is 0 Å². The molecule has 0 saturated heterocycles. The van der Waals surface area contributed by atoms with Crippen molar-refractivity contribution in [2.45, 2.75) is 25.2 Å². The highest BCUT2D eigenvalue weighted by atomic mass is 35.5. The zero-order chi connectivity index (χ0) is 17.5. The van der Waals surface area contributed by atoms with E-state index in [1.807, 2.05) is 12.3 Å². The van der Waals surface area contributed by atoms with Crippen LogP contribution >= 0.6 is 11.6 Å². The largest absolute Gasteiger partial charge is 0.299 e. The first-order chi connectivity index (χ1) is 12.8. The molecular weight excluding hydrogens is 342 g/mol. The summed E-state index contributed by atoms with van der Waals surface area (Å²) in [6.07, 6.45) is 7.40. The van der Waals surface area contributed by atoms with Crippen molar-refractivity contribution >= 4 is 17.1 Å². The molecule has 5 rings (SSSR count). The maximum absolute atomic E-state index is 6.48. The summed E-state index contributed by atoms with van der Waals surface area (Å²) in [6, 6.07) is 18.9. The van der Waals surface area contributed by atoms with Gasteiger partial charge in [-0.25, -0.2) is 9.97 Å². The Labute approximate surface area is 157 Å². The van der Waals surface area contributed by atoms with Crippen LogP contribution in [0.1, 0.15) is 31.0 Å². The number of hydrogen-bond acceptors (Lipinski definition) is 2. The molecule has 0 N–H and O–H groups in total. The second kappa shape index (κ2) is 6.26. The van der Waals surface area contributed by atoms with E-state index >= 15 is 0 Å². The molecule has 3 nitrogen and oxygen atoms in total. The Bertz CT molecular complexity index is 1080. The quantitative estimate of drug-likeness (QED) is 0.450. The zero-order valence-corrected chi connectivity index (χ0v) is 15.0. The summed E-state index contributed by atoms with van der Waals surface area (Å²) < 4.78 is 2.13. The topological polar surface area (TPSA) is 30.2 Å². The van der Waals surface area contributed by atoms with Crippen molar-refractivity contribution in [2.24, 2.45) is 0 Å². The molecule has 1 aliphatic rings. The van der Waals surface area contributed by atoms with Gasteiger partial charge in [-0.15, -0.1) is 0 Å². The van der Waals surface area contributed by atoms with Crippen LogP contribution in [0.4, 0.5) is 0 Å². The second-order valence-corrected chi connectivity index (χ2v) is 7.19. The Morgan fingerprint density at radius 1 is 0.923 bits per heavy atom. The van der Waals surface area contributed by atoms with Crippen LogP contribution in [0.25, 0.3) is 27.9 Å². The molecule has 26 heavy (non-hydrogen) atoms. The van der Waals surface area contributed by atoms with E-state index in [-0.39, 0.29) is 0 Å². The molecule has 1 aliphatic carbocycles. The monoisotopic (exact) mass is 359 g/mol. The number of fused-ring (bicyclic) bond motifs is 1. The van der Waals surface area contributed by atoms with Gasteiger partial charge in [0.05, 0.1) is 5.69 Å². The van der Waals surface area contributed by atoms with E-state index in [4.69, 9.17) is 16.6 Å². The Hall–Kier alpha value is -2.65. The molecule has 128 valence electrons. The molecule has 0 radical (unpaired) electrons. The van der Waals surface area contributed by atoms with Gasteiger partial charge in [-0.1, -0.05) is 66.6 Å². The van der Waals surface area contributed by atoms with E-state index in [0.717, 1.165) is 22.6 Å². The molecule has 0 amide bonds. The van der Waals surface area contributed by atoms with Crippen LogP contribution in [0.3, 0.4) is 0 Å². The highest BCUT2D eigenvalue weighted by Crippen LogP contribution is 2.39. The van der Waals surface area contributed by atoms with Crippen molar-refractivity contribution in [2.75, 3.05) is 0 Å². The number of nitrogens with zero attached hydrogens (tertiary/aromatic N) is 3. The Morgan fingerprint density at radius 3 is 2.46 bits per heavy atom. The summed E-state index contributed by atoms with van der Waals surface area (Å²) in [6.45, 7) is 0. The molecule has 4 heteroatoms. The van der Waals surface area contributed by atoms with Crippen molar-refractivity contribution in [3.05, 3.63) is 78.0 Å². The van der Waals surface area contributed by atoms with Crippen LogP contribution < -0.4 is 0 Å². The van der Waals surface area contributed by atoms with Crippen LogP contribution in [-0.2, 0) is 0 Å². The van der Waals surface area contributed by atoms with E-state index in [9.17, 15) is 0 Å². The predicted molar refractivity (Wildman–Crippen MR) is 105 cm³/mol. The fourth-order valence-electron chi connectivity index (χ4n) is 3.66. The van der Waals surface area contributed by atoms with E-state index in [1.54, 1.807) is 6.20 Å². The smallest absolute Gasteiger partial charge is 0.155 e. The molecular formula is C22H18ClN3. The molecule has 1 fully saturated rings. The van der Waals surface area contributed by atoms with E-state index in [2.05, 4.69) is 57.9 Å². The maximum atomic E-state index is 6.48. The molecule has 4 aromatic rings. The van der Waals surface area contributed by atoms with Gasteiger partial charge in [0.25, 0.3) is 0 Å². The fraction of sp³-hybridized carbons (Fsp3) is 0.182. The summed E-state index contributed by atoms with van der Waals surface area (Å²) in [5, 5.41) is 0.505. The summed E-state index contributed by atoms with van der Waals surface area (Å²) in [5.41, 5.74) is 5.27. The molecule has 0 atom stereocenters. The molecule has 0 bridgehead atoms. The van der Waals surface area contributed by atoms with Gasteiger partial charge in [-0.3, -0.25) is 4.40 Å². The average molecular weight is 360 g/mol. The fourth-order valence-corrected chi connectivity index (χ4v) is 3.89. The number of aromatic nitrogens is 3. The molecule has 2 heterocycles. The number of imidazole rings is 1. The third kappa shape index (κ3) is 2.51. The Morgan fingerprint density at radius 2 is 1.69 bits per heavy atom. The minimum absolute atomic E-state index is 0.505. The lowest BCUT2D eigenvalue weighted by atomic mass is 9.85. The molecule has 0 aliphatic heterocycles. The van der Waals surface area contributed by atoms with Gasteiger partial charge in [-0.2, -0.15) is 0 Å². The standard InChI is InChI=1S/C22H18ClN3/c23-21-20-19(25-22(16-8-4-9-16)26(20)13-12-24-21)18-11-5-10-17(14-18)15-6-2-1-3-7-15/h1-3,5-7,10-14,16H,4,8-9H2. The predicted octanol–water partition coefficient (Wildman–Crippen LogP) is 5.98. The second-order valence-electron chi connectivity index (χ2n) is 6.83. The van der Waals surface area contributed by atoms with E-state index < -0.39 is 0 Å². The maximum Gasteiger partial charge on any atom is 0.155 e. The molecule has 0 unspecified atom stereocenters. The average Bonchev–Trinajstić information content (AvgIpc) is 3.02. The van der Waals surface area contributed by atoms with Crippen LogP contribution in [0.5, 0.6) is 0 Å².